The molecule has 0 saturated heterocycles. The van der Waals surface area contributed by atoms with Crippen LogP contribution in [0.4, 0.5) is 0 Å². The summed E-state index contributed by atoms with van der Waals surface area (Å²) < 4.78 is 0. The van der Waals surface area contributed by atoms with Gasteiger partial charge >= 0.3 is 5.97 Å². The zero-order valence-corrected chi connectivity index (χ0v) is 15.4. The molecule has 0 bridgehead atoms. The Labute approximate surface area is 142 Å². The number of carbonyl (C=O) groups excluding carboxylic acids is 1. The molecule has 0 aliphatic carbocycles. The largest absolute Gasteiger partial charge is 0.480 e. The molecule has 0 fully saturated rings. The van der Waals surface area contributed by atoms with Crippen molar-refractivity contribution >= 4 is 41.0 Å². The van der Waals surface area contributed by atoms with E-state index in [-0.39, 0.29) is 18.2 Å². The number of nitrogens with zero attached hydrogens (tertiary/aromatic N) is 1. The number of hydrogen-bond donors (Lipinski definition) is 3. The molecule has 0 heterocycles. The first-order valence-electron chi connectivity index (χ1n) is 7.30. The van der Waals surface area contributed by atoms with Gasteiger partial charge in [-0.2, -0.15) is 11.8 Å². The molecule has 1 amide bonds. The summed E-state index contributed by atoms with van der Waals surface area (Å²) in [6.07, 6.45) is 3.29. The van der Waals surface area contributed by atoms with Crippen molar-refractivity contribution in [2.24, 2.45) is 5.92 Å². The SMILES string of the molecule is CSCCCNC(=S)NCCC(=O)N(C)[C@H](C(=O)O)C(C)C. The fraction of sp³-hybridized carbons (Fsp3) is 0.786. The molecule has 6 nitrogen and oxygen atoms in total. The summed E-state index contributed by atoms with van der Waals surface area (Å²) in [6.45, 7) is 4.76. The van der Waals surface area contributed by atoms with Crippen molar-refractivity contribution in [2.45, 2.75) is 32.7 Å². The highest BCUT2D eigenvalue weighted by atomic mass is 32.2. The fourth-order valence-electron chi connectivity index (χ4n) is 1.99. The van der Waals surface area contributed by atoms with Gasteiger partial charge in [-0.25, -0.2) is 4.79 Å². The van der Waals surface area contributed by atoms with Gasteiger partial charge in [-0.05, 0) is 36.6 Å². The lowest BCUT2D eigenvalue weighted by molar-refractivity contribution is -0.150. The van der Waals surface area contributed by atoms with Gasteiger partial charge in [-0.3, -0.25) is 4.79 Å². The van der Waals surface area contributed by atoms with Crippen LogP contribution in [0.2, 0.25) is 0 Å². The first kappa shape index (κ1) is 21.0. The number of nitrogens with one attached hydrogen (secondary N) is 2. The van der Waals surface area contributed by atoms with Gasteiger partial charge in [-0.1, -0.05) is 13.8 Å². The Bertz CT molecular complexity index is 378. The van der Waals surface area contributed by atoms with Gasteiger partial charge in [0.2, 0.25) is 5.91 Å². The molecule has 0 aromatic heterocycles. The second-order valence-corrected chi connectivity index (χ2v) is 6.70. The van der Waals surface area contributed by atoms with Crippen LogP contribution < -0.4 is 10.6 Å². The monoisotopic (exact) mass is 349 g/mol. The van der Waals surface area contributed by atoms with E-state index in [0.717, 1.165) is 18.7 Å². The predicted octanol–water partition coefficient (Wildman–Crippen LogP) is 1.16. The van der Waals surface area contributed by atoms with E-state index in [1.165, 1.54) is 11.9 Å². The second kappa shape index (κ2) is 11.5. The first-order chi connectivity index (χ1) is 10.3. The molecule has 1 atom stereocenters. The Hall–Kier alpha value is -1.02. The van der Waals surface area contributed by atoms with E-state index in [1.54, 1.807) is 25.6 Å². The molecule has 0 rings (SSSR count). The number of aliphatic carboxylic acids is 1. The van der Waals surface area contributed by atoms with Crippen LogP contribution in [0.5, 0.6) is 0 Å². The summed E-state index contributed by atoms with van der Waals surface area (Å²) in [5, 5.41) is 15.7. The molecule has 0 unspecified atom stereocenters. The zero-order valence-electron chi connectivity index (χ0n) is 13.7. The van der Waals surface area contributed by atoms with Gasteiger partial charge < -0.3 is 20.6 Å². The van der Waals surface area contributed by atoms with Crippen LogP contribution in [0.15, 0.2) is 0 Å². The van der Waals surface area contributed by atoms with Gasteiger partial charge in [-0.15, -0.1) is 0 Å². The van der Waals surface area contributed by atoms with E-state index in [9.17, 15) is 14.7 Å². The molecular weight excluding hydrogens is 322 g/mol. The van der Waals surface area contributed by atoms with Crippen LogP contribution >= 0.6 is 24.0 Å². The van der Waals surface area contributed by atoms with Crippen molar-refractivity contribution in [3.63, 3.8) is 0 Å². The summed E-state index contributed by atoms with van der Waals surface area (Å²) in [5.41, 5.74) is 0. The molecular formula is C14H27N3O3S2. The Balaban J connectivity index is 4.07. The average Bonchev–Trinajstić information content (AvgIpc) is 2.42. The predicted molar refractivity (Wildman–Crippen MR) is 95.3 cm³/mol. The maximum atomic E-state index is 12.0. The van der Waals surface area contributed by atoms with E-state index in [4.69, 9.17) is 12.2 Å². The van der Waals surface area contributed by atoms with Crippen LogP contribution in [0.3, 0.4) is 0 Å². The van der Waals surface area contributed by atoms with Gasteiger partial charge in [0.05, 0.1) is 0 Å². The third kappa shape index (κ3) is 8.43. The summed E-state index contributed by atoms with van der Waals surface area (Å²) in [4.78, 5) is 24.5. The van der Waals surface area contributed by atoms with Gasteiger partial charge in [0.15, 0.2) is 5.11 Å². The van der Waals surface area contributed by atoms with Crippen LogP contribution in [0.25, 0.3) is 0 Å². The number of carboxylic acid groups (broad SMARTS) is 1. The number of thiocarbonyl (C=S) groups is 1. The van der Waals surface area contributed by atoms with Crippen molar-refractivity contribution in [3.8, 4) is 0 Å². The topological polar surface area (TPSA) is 81.7 Å². The molecule has 22 heavy (non-hydrogen) atoms. The van der Waals surface area contributed by atoms with Gasteiger partial charge in [0.1, 0.15) is 6.04 Å². The van der Waals surface area contributed by atoms with Crippen molar-refractivity contribution in [3.05, 3.63) is 0 Å². The summed E-state index contributed by atoms with van der Waals surface area (Å²) in [5.74, 6) is -0.257. The third-order valence-electron chi connectivity index (χ3n) is 3.13. The standard InChI is InChI=1S/C14H27N3O3S2/c1-10(2)12(13(19)20)17(3)11(18)6-8-16-14(21)15-7-5-9-22-4/h10,12H,5-9H2,1-4H3,(H,19,20)(H2,15,16,21)/t12-/m0/s1. The van der Waals surface area contributed by atoms with E-state index in [1.807, 2.05) is 0 Å². The highest BCUT2D eigenvalue weighted by Gasteiger charge is 2.28. The number of carbonyl (C=O) groups is 2. The number of likely N-dealkylation sites (N-methyl/N-ethyl adjacent to an activating group) is 1. The number of carboxylic acids is 1. The third-order valence-corrected chi connectivity index (χ3v) is 4.12. The van der Waals surface area contributed by atoms with E-state index >= 15 is 0 Å². The maximum Gasteiger partial charge on any atom is 0.326 e. The molecule has 0 aliphatic heterocycles. The smallest absolute Gasteiger partial charge is 0.326 e. The number of rotatable bonds is 10. The molecule has 0 radical (unpaired) electrons. The highest BCUT2D eigenvalue weighted by Crippen LogP contribution is 2.10. The Kier molecular flexibility index (Phi) is 11.0. The van der Waals surface area contributed by atoms with Gasteiger partial charge in [0.25, 0.3) is 0 Å². The Morgan fingerprint density at radius 3 is 2.36 bits per heavy atom. The van der Waals surface area contributed by atoms with Crippen molar-refractivity contribution in [1.29, 1.82) is 0 Å². The Morgan fingerprint density at radius 2 is 1.86 bits per heavy atom. The fourth-order valence-corrected chi connectivity index (χ4v) is 2.63. The normalized spacial score (nSPS) is 11.9. The Morgan fingerprint density at radius 1 is 1.27 bits per heavy atom. The average molecular weight is 350 g/mol. The van der Waals surface area contributed by atoms with Crippen LogP contribution in [-0.4, -0.2) is 65.2 Å². The first-order valence-corrected chi connectivity index (χ1v) is 9.10. The molecule has 3 N–H and O–H groups in total. The maximum absolute atomic E-state index is 12.0. The summed E-state index contributed by atoms with van der Waals surface area (Å²) >= 11 is 6.89. The summed E-state index contributed by atoms with van der Waals surface area (Å²) in [6, 6.07) is -0.802. The van der Waals surface area contributed by atoms with Crippen LogP contribution in [-0.2, 0) is 9.59 Å². The lowest BCUT2D eigenvalue weighted by Crippen LogP contribution is -2.46. The molecule has 0 aromatic rings. The second-order valence-electron chi connectivity index (χ2n) is 5.31. The van der Waals surface area contributed by atoms with E-state index in [2.05, 4.69) is 16.9 Å². The molecule has 0 saturated carbocycles. The number of thioether (sulfide) groups is 1. The van der Waals surface area contributed by atoms with E-state index in [0.29, 0.717) is 11.7 Å². The number of hydrogen-bond acceptors (Lipinski definition) is 4. The van der Waals surface area contributed by atoms with Crippen LogP contribution in [0, 0.1) is 5.92 Å². The molecule has 0 spiro atoms. The number of amides is 1. The molecule has 0 aliphatic rings. The minimum atomic E-state index is -0.982. The van der Waals surface area contributed by atoms with Crippen LogP contribution in [0.1, 0.15) is 26.7 Å². The quantitative estimate of drug-likeness (QED) is 0.403. The lowest BCUT2D eigenvalue weighted by atomic mass is 10.0. The summed E-state index contributed by atoms with van der Waals surface area (Å²) in [7, 11) is 1.53. The molecule has 0 aromatic carbocycles. The minimum Gasteiger partial charge on any atom is -0.480 e. The minimum absolute atomic E-state index is 0.140. The molecule has 128 valence electrons. The van der Waals surface area contributed by atoms with Crippen molar-refractivity contribution in [1.82, 2.24) is 15.5 Å². The van der Waals surface area contributed by atoms with Gasteiger partial charge in [0, 0.05) is 26.6 Å². The van der Waals surface area contributed by atoms with Crippen molar-refractivity contribution in [2.75, 3.05) is 32.1 Å². The zero-order chi connectivity index (χ0) is 17.1. The lowest BCUT2D eigenvalue weighted by Gasteiger charge is -2.27. The van der Waals surface area contributed by atoms with E-state index < -0.39 is 12.0 Å². The molecule has 8 heteroatoms. The van der Waals surface area contributed by atoms with Crippen molar-refractivity contribution < 1.29 is 14.7 Å². The highest BCUT2D eigenvalue weighted by molar-refractivity contribution is 7.98.